The van der Waals surface area contributed by atoms with Gasteiger partial charge in [0.1, 0.15) is 11.6 Å². The van der Waals surface area contributed by atoms with Gasteiger partial charge in [0.15, 0.2) is 0 Å². The fraction of sp³-hybridized carbons (Fsp3) is 0.318. The fourth-order valence-corrected chi connectivity index (χ4v) is 3.41. The number of hydrogen-bond acceptors (Lipinski definition) is 4. The number of halogens is 1. The molecule has 0 spiro atoms. The molecule has 0 heterocycles. The van der Waals surface area contributed by atoms with Gasteiger partial charge in [-0.1, -0.05) is 18.9 Å². The van der Waals surface area contributed by atoms with Crippen molar-refractivity contribution < 1.29 is 23.5 Å². The summed E-state index contributed by atoms with van der Waals surface area (Å²) in [7, 11) is 1.45. The molecule has 8 heteroatoms. The van der Waals surface area contributed by atoms with Gasteiger partial charge in [-0.25, -0.2) is 4.39 Å². The van der Waals surface area contributed by atoms with Gasteiger partial charge >= 0.3 is 0 Å². The Bertz CT molecular complexity index is 942. The number of amides is 3. The van der Waals surface area contributed by atoms with E-state index in [4.69, 9.17) is 4.74 Å². The van der Waals surface area contributed by atoms with Gasteiger partial charge in [0.25, 0.3) is 5.91 Å². The van der Waals surface area contributed by atoms with Crippen molar-refractivity contribution in [2.45, 2.75) is 25.7 Å². The molecule has 1 saturated carbocycles. The van der Waals surface area contributed by atoms with Crippen LogP contribution in [0.4, 0.5) is 15.8 Å². The zero-order valence-corrected chi connectivity index (χ0v) is 16.7. The molecule has 2 aromatic rings. The van der Waals surface area contributed by atoms with Crippen molar-refractivity contribution in [1.82, 2.24) is 5.32 Å². The molecule has 3 N–H and O–H groups in total. The quantitative estimate of drug-likeness (QED) is 0.649. The molecule has 1 aliphatic rings. The van der Waals surface area contributed by atoms with Crippen LogP contribution in [0.1, 0.15) is 36.0 Å². The van der Waals surface area contributed by atoms with E-state index >= 15 is 0 Å². The third kappa shape index (κ3) is 5.56. The molecule has 0 aliphatic heterocycles. The van der Waals surface area contributed by atoms with Crippen molar-refractivity contribution in [3.63, 3.8) is 0 Å². The van der Waals surface area contributed by atoms with Gasteiger partial charge in [0.05, 0.1) is 19.3 Å². The van der Waals surface area contributed by atoms with E-state index in [0.717, 1.165) is 31.7 Å². The van der Waals surface area contributed by atoms with Gasteiger partial charge in [-0.2, -0.15) is 0 Å². The van der Waals surface area contributed by atoms with Crippen molar-refractivity contribution >= 4 is 29.1 Å². The molecule has 0 unspecified atom stereocenters. The van der Waals surface area contributed by atoms with Crippen molar-refractivity contribution in [1.29, 1.82) is 0 Å². The molecular formula is C22H24FN3O4. The number of carbonyl (C=O) groups is 3. The first-order valence-electron chi connectivity index (χ1n) is 9.79. The highest BCUT2D eigenvalue weighted by Gasteiger charge is 2.22. The van der Waals surface area contributed by atoms with Gasteiger partial charge < -0.3 is 20.7 Å². The van der Waals surface area contributed by atoms with Crippen molar-refractivity contribution in [3.05, 3.63) is 53.8 Å². The summed E-state index contributed by atoms with van der Waals surface area (Å²) in [5.41, 5.74) is 0.895. The summed E-state index contributed by atoms with van der Waals surface area (Å²) in [6, 6.07) is 10.1. The number of methoxy groups -OCH3 is 1. The second kappa shape index (κ2) is 9.87. The van der Waals surface area contributed by atoms with Crippen LogP contribution >= 0.6 is 0 Å². The van der Waals surface area contributed by atoms with Crippen LogP contribution < -0.4 is 20.7 Å². The van der Waals surface area contributed by atoms with E-state index in [1.807, 2.05) is 0 Å². The number of ether oxygens (including phenoxy) is 1. The number of carbonyl (C=O) groups excluding carboxylic acids is 3. The first kappa shape index (κ1) is 21.3. The van der Waals surface area contributed by atoms with Crippen molar-refractivity contribution in [2.75, 3.05) is 24.3 Å². The lowest BCUT2D eigenvalue weighted by molar-refractivity contribution is -0.127. The van der Waals surface area contributed by atoms with Crippen LogP contribution in [-0.2, 0) is 9.59 Å². The van der Waals surface area contributed by atoms with E-state index in [-0.39, 0.29) is 29.8 Å². The Balaban J connectivity index is 1.62. The van der Waals surface area contributed by atoms with Crippen LogP contribution in [0.2, 0.25) is 0 Å². The molecule has 1 aliphatic carbocycles. The number of hydrogen-bond donors (Lipinski definition) is 3. The first-order valence-corrected chi connectivity index (χ1v) is 9.79. The van der Waals surface area contributed by atoms with Crippen LogP contribution in [0.15, 0.2) is 42.5 Å². The maximum absolute atomic E-state index is 13.4. The number of anilines is 2. The number of rotatable bonds is 7. The van der Waals surface area contributed by atoms with E-state index < -0.39 is 11.7 Å². The van der Waals surface area contributed by atoms with Crippen LogP contribution in [0, 0.1) is 11.7 Å². The van der Waals surface area contributed by atoms with E-state index in [1.165, 1.54) is 31.4 Å². The van der Waals surface area contributed by atoms with Crippen LogP contribution in [-0.4, -0.2) is 31.4 Å². The van der Waals surface area contributed by atoms with E-state index in [9.17, 15) is 18.8 Å². The maximum Gasteiger partial charge on any atom is 0.255 e. The maximum atomic E-state index is 13.4. The minimum atomic E-state index is -0.518. The first-order chi connectivity index (χ1) is 14.5. The summed E-state index contributed by atoms with van der Waals surface area (Å²) in [6.07, 6.45) is 3.81. The Labute approximate surface area is 174 Å². The number of nitrogens with one attached hydrogen (secondary N) is 3. The van der Waals surface area contributed by atoms with Crippen molar-refractivity contribution in [3.8, 4) is 5.75 Å². The van der Waals surface area contributed by atoms with E-state index in [2.05, 4.69) is 16.0 Å². The molecule has 0 atom stereocenters. The zero-order valence-electron chi connectivity index (χ0n) is 16.7. The molecule has 7 nitrogen and oxygen atoms in total. The Morgan fingerprint density at radius 3 is 2.53 bits per heavy atom. The third-order valence-electron chi connectivity index (χ3n) is 4.97. The molecule has 158 valence electrons. The number of benzene rings is 2. The van der Waals surface area contributed by atoms with E-state index in [0.29, 0.717) is 17.1 Å². The second-order valence-electron chi connectivity index (χ2n) is 7.13. The minimum Gasteiger partial charge on any atom is -0.495 e. The zero-order chi connectivity index (χ0) is 21.5. The van der Waals surface area contributed by atoms with Gasteiger partial charge in [-0.3, -0.25) is 14.4 Å². The second-order valence-corrected chi connectivity index (χ2v) is 7.13. The standard InChI is InChI=1S/C22H24FN3O4/c1-30-19-10-9-17(25-20(27)13-24-21(28)14-5-2-3-6-14)12-18(19)26-22(29)15-7-4-8-16(23)11-15/h4,7-12,14H,2-3,5-6,13H2,1H3,(H,24,28)(H,25,27)(H,26,29). The summed E-state index contributed by atoms with van der Waals surface area (Å²) < 4.78 is 18.6. The molecule has 0 bridgehead atoms. The topological polar surface area (TPSA) is 96.5 Å². The highest BCUT2D eigenvalue weighted by Crippen LogP contribution is 2.28. The molecule has 2 aromatic carbocycles. The smallest absolute Gasteiger partial charge is 0.255 e. The molecule has 0 radical (unpaired) electrons. The van der Waals surface area contributed by atoms with Gasteiger partial charge in [-0.15, -0.1) is 0 Å². The largest absolute Gasteiger partial charge is 0.495 e. The highest BCUT2D eigenvalue weighted by atomic mass is 19.1. The highest BCUT2D eigenvalue weighted by molar-refractivity contribution is 6.05. The lowest BCUT2D eigenvalue weighted by Crippen LogP contribution is -2.36. The molecular weight excluding hydrogens is 389 g/mol. The summed E-state index contributed by atoms with van der Waals surface area (Å²) in [4.78, 5) is 36.6. The van der Waals surface area contributed by atoms with Crippen LogP contribution in [0.5, 0.6) is 5.75 Å². The molecule has 3 amide bonds. The van der Waals surface area contributed by atoms with Gasteiger partial charge in [0, 0.05) is 17.2 Å². The SMILES string of the molecule is COc1ccc(NC(=O)CNC(=O)C2CCCC2)cc1NC(=O)c1cccc(F)c1. The molecule has 0 saturated heterocycles. The summed E-state index contributed by atoms with van der Waals surface area (Å²) >= 11 is 0. The van der Waals surface area contributed by atoms with Crippen molar-refractivity contribution in [2.24, 2.45) is 5.92 Å². The summed E-state index contributed by atoms with van der Waals surface area (Å²) in [5.74, 6) is -1.14. The molecule has 1 fully saturated rings. The predicted molar refractivity (Wildman–Crippen MR) is 111 cm³/mol. The fourth-order valence-electron chi connectivity index (χ4n) is 3.41. The molecule has 3 rings (SSSR count). The molecule has 30 heavy (non-hydrogen) atoms. The van der Waals surface area contributed by atoms with Gasteiger partial charge in [-0.05, 0) is 49.2 Å². The van der Waals surface area contributed by atoms with Crippen LogP contribution in [0.3, 0.4) is 0 Å². The Morgan fingerprint density at radius 2 is 1.83 bits per heavy atom. The minimum absolute atomic E-state index is 0.0107. The predicted octanol–water partition coefficient (Wildman–Crippen LogP) is 3.33. The Kier molecular flexibility index (Phi) is 7.00. The van der Waals surface area contributed by atoms with E-state index in [1.54, 1.807) is 12.1 Å². The lowest BCUT2D eigenvalue weighted by atomic mass is 10.1. The monoisotopic (exact) mass is 413 g/mol. The average Bonchev–Trinajstić information content (AvgIpc) is 3.27. The Morgan fingerprint density at radius 1 is 1.07 bits per heavy atom. The Hall–Kier alpha value is -3.42. The van der Waals surface area contributed by atoms with Crippen LogP contribution in [0.25, 0.3) is 0 Å². The summed E-state index contributed by atoms with van der Waals surface area (Å²) in [6.45, 7) is -0.133. The third-order valence-corrected chi connectivity index (χ3v) is 4.97. The summed E-state index contributed by atoms with van der Waals surface area (Å²) in [5, 5.41) is 8.00. The lowest BCUT2D eigenvalue weighted by Gasteiger charge is -2.14. The normalized spacial score (nSPS) is 13.5. The molecule has 0 aromatic heterocycles. The van der Waals surface area contributed by atoms with Gasteiger partial charge in [0.2, 0.25) is 11.8 Å². The average molecular weight is 413 g/mol.